The van der Waals surface area contributed by atoms with Gasteiger partial charge in [0.1, 0.15) is 5.75 Å². The van der Waals surface area contributed by atoms with Crippen molar-refractivity contribution in [2.45, 2.75) is 32.2 Å². The Kier molecular flexibility index (Phi) is 3.94. The van der Waals surface area contributed by atoms with Gasteiger partial charge >= 0.3 is 0 Å². The molecule has 2 aromatic rings. The molecule has 0 amide bonds. The van der Waals surface area contributed by atoms with Crippen LogP contribution in [0.2, 0.25) is 0 Å². The predicted octanol–water partition coefficient (Wildman–Crippen LogP) is 1.97. The number of nitrogens with two attached hydrogens (primary N) is 1. The highest BCUT2D eigenvalue weighted by Gasteiger charge is 2.15. The third-order valence-electron chi connectivity index (χ3n) is 2.67. The number of phenols is 1. The predicted molar refractivity (Wildman–Crippen MR) is 67.0 cm³/mol. The lowest BCUT2D eigenvalue weighted by Crippen LogP contribution is -2.13. The van der Waals surface area contributed by atoms with Crippen LogP contribution in [0.3, 0.4) is 0 Å². The zero-order valence-corrected chi connectivity index (χ0v) is 10.3. The summed E-state index contributed by atoms with van der Waals surface area (Å²) in [7, 11) is 0. The summed E-state index contributed by atoms with van der Waals surface area (Å²) in [4.78, 5) is 4.26. The number of aromatic hydroxyl groups is 1. The molecule has 2 rings (SSSR count). The number of aromatic nitrogens is 2. The van der Waals surface area contributed by atoms with E-state index >= 15 is 0 Å². The van der Waals surface area contributed by atoms with Gasteiger partial charge in [-0.25, -0.2) is 0 Å². The fourth-order valence-corrected chi connectivity index (χ4v) is 1.72. The fraction of sp³-hybridized carbons (Fsp3) is 0.385. The first-order chi connectivity index (χ1) is 8.69. The van der Waals surface area contributed by atoms with E-state index in [0.717, 1.165) is 18.4 Å². The molecule has 0 aliphatic heterocycles. The molecule has 96 valence electrons. The Morgan fingerprint density at radius 2 is 2.06 bits per heavy atom. The molecule has 0 bridgehead atoms. The second-order valence-corrected chi connectivity index (χ2v) is 4.28. The number of hydrogen-bond acceptors (Lipinski definition) is 5. The summed E-state index contributed by atoms with van der Waals surface area (Å²) in [6.07, 6.45) is 2.38. The molecule has 18 heavy (non-hydrogen) atoms. The van der Waals surface area contributed by atoms with Crippen molar-refractivity contribution in [3.8, 4) is 5.75 Å². The lowest BCUT2D eigenvalue weighted by molar-refractivity contribution is 0.350. The molecule has 0 saturated carbocycles. The topological polar surface area (TPSA) is 85.2 Å². The Hall–Kier alpha value is -1.88. The largest absolute Gasteiger partial charge is 0.508 e. The minimum Gasteiger partial charge on any atom is -0.508 e. The average Bonchev–Trinajstić information content (AvgIpc) is 2.81. The Labute approximate surface area is 106 Å². The van der Waals surface area contributed by atoms with Crippen LogP contribution in [0.25, 0.3) is 0 Å². The van der Waals surface area contributed by atoms with Crippen LogP contribution >= 0.6 is 0 Å². The SMILES string of the molecule is CCCc1noc([C@H](N)Cc2ccc(O)cc2)n1. The third-order valence-corrected chi connectivity index (χ3v) is 2.67. The summed E-state index contributed by atoms with van der Waals surface area (Å²) in [5.74, 6) is 1.41. The molecule has 5 nitrogen and oxygen atoms in total. The monoisotopic (exact) mass is 247 g/mol. The van der Waals surface area contributed by atoms with E-state index in [1.165, 1.54) is 0 Å². The zero-order valence-electron chi connectivity index (χ0n) is 10.3. The number of nitrogens with zero attached hydrogens (tertiary/aromatic N) is 2. The molecule has 0 fully saturated rings. The lowest BCUT2D eigenvalue weighted by Gasteiger charge is -2.06. The van der Waals surface area contributed by atoms with E-state index in [4.69, 9.17) is 10.3 Å². The van der Waals surface area contributed by atoms with Gasteiger partial charge in [-0.2, -0.15) is 4.98 Å². The molecule has 0 spiro atoms. The van der Waals surface area contributed by atoms with Crippen LogP contribution in [0.5, 0.6) is 5.75 Å². The minimum atomic E-state index is -0.312. The minimum absolute atomic E-state index is 0.246. The lowest BCUT2D eigenvalue weighted by atomic mass is 10.1. The van der Waals surface area contributed by atoms with Gasteiger partial charge in [0.25, 0.3) is 0 Å². The molecule has 0 aliphatic carbocycles. The molecule has 1 aromatic heterocycles. The Bertz CT molecular complexity index is 493. The maximum atomic E-state index is 9.20. The highest BCUT2D eigenvalue weighted by Crippen LogP contribution is 2.17. The fourth-order valence-electron chi connectivity index (χ4n) is 1.72. The summed E-state index contributed by atoms with van der Waals surface area (Å²) >= 11 is 0. The van der Waals surface area contributed by atoms with E-state index in [1.54, 1.807) is 12.1 Å². The van der Waals surface area contributed by atoms with Crippen molar-refractivity contribution in [2.24, 2.45) is 5.73 Å². The van der Waals surface area contributed by atoms with Crippen molar-refractivity contribution in [1.29, 1.82) is 0 Å². The molecule has 0 aliphatic rings. The molecule has 3 N–H and O–H groups in total. The average molecular weight is 247 g/mol. The normalized spacial score (nSPS) is 12.6. The van der Waals surface area contributed by atoms with Gasteiger partial charge in [-0.05, 0) is 30.5 Å². The van der Waals surface area contributed by atoms with E-state index in [1.807, 2.05) is 12.1 Å². The van der Waals surface area contributed by atoms with Crippen LogP contribution in [0.4, 0.5) is 0 Å². The molecule has 1 aromatic carbocycles. The van der Waals surface area contributed by atoms with Gasteiger partial charge in [0.05, 0.1) is 6.04 Å². The third kappa shape index (κ3) is 3.07. The first-order valence-electron chi connectivity index (χ1n) is 6.05. The Morgan fingerprint density at radius 3 is 2.72 bits per heavy atom. The molecule has 0 radical (unpaired) electrons. The zero-order chi connectivity index (χ0) is 13.0. The van der Waals surface area contributed by atoms with Crippen molar-refractivity contribution < 1.29 is 9.63 Å². The maximum Gasteiger partial charge on any atom is 0.243 e. The van der Waals surface area contributed by atoms with Gasteiger partial charge in [-0.15, -0.1) is 0 Å². The van der Waals surface area contributed by atoms with Crippen molar-refractivity contribution in [3.63, 3.8) is 0 Å². The van der Waals surface area contributed by atoms with Crippen LogP contribution in [0.15, 0.2) is 28.8 Å². The van der Waals surface area contributed by atoms with E-state index in [0.29, 0.717) is 18.1 Å². The van der Waals surface area contributed by atoms with Gasteiger partial charge in [0.15, 0.2) is 5.82 Å². The number of aryl methyl sites for hydroxylation is 1. The Morgan fingerprint density at radius 1 is 1.33 bits per heavy atom. The number of hydrogen-bond donors (Lipinski definition) is 2. The number of phenolic OH excluding ortho intramolecular Hbond substituents is 1. The van der Waals surface area contributed by atoms with Crippen molar-refractivity contribution in [2.75, 3.05) is 0 Å². The summed E-state index contributed by atoms with van der Waals surface area (Å²) in [5, 5.41) is 13.1. The van der Waals surface area contributed by atoms with E-state index in [2.05, 4.69) is 17.1 Å². The highest BCUT2D eigenvalue weighted by atomic mass is 16.5. The second-order valence-electron chi connectivity index (χ2n) is 4.28. The van der Waals surface area contributed by atoms with Crippen LogP contribution < -0.4 is 5.73 Å². The van der Waals surface area contributed by atoms with Crippen molar-refractivity contribution in [1.82, 2.24) is 10.1 Å². The summed E-state index contributed by atoms with van der Waals surface area (Å²) in [5.41, 5.74) is 7.04. The van der Waals surface area contributed by atoms with Crippen LogP contribution in [-0.2, 0) is 12.8 Å². The van der Waals surface area contributed by atoms with Crippen molar-refractivity contribution in [3.05, 3.63) is 41.5 Å². The Balaban J connectivity index is 2.02. The summed E-state index contributed by atoms with van der Waals surface area (Å²) in [6, 6.07) is 6.63. The molecule has 1 heterocycles. The van der Waals surface area contributed by atoms with Crippen molar-refractivity contribution >= 4 is 0 Å². The molecular weight excluding hydrogens is 230 g/mol. The molecule has 0 saturated heterocycles. The van der Waals surface area contributed by atoms with Gasteiger partial charge in [0, 0.05) is 6.42 Å². The number of rotatable bonds is 5. The van der Waals surface area contributed by atoms with Gasteiger partial charge in [0.2, 0.25) is 5.89 Å². The molecule has 5 heteroatoms. The van der Waals surface area contributed by atoms with Crippen LogP contribution in [-0.4, -0.2) is 15.2 Å². The first-order valence-corrected chi connectivity index (χ1v) is 6.05. The van der Waals surface area contributed by atoms with E-state index in [9.17, 15) is 5.11 Å². The van der Waals surface area contributed by atoms with Crippen LogP contribution in [0, 0.1) is 0 Å². The maximum absolute atomic E-state index is 9.20. The summed E-state index contributed by atoms with van der Waals surface area (Å²) < 4.78 is 5.14. The highest BCUT2D eigenvalue weighted by molar-refractivity contribution is 5.26. The molecule has 1 atom stereocenters. The van der Waals surface area contributed by atoms with E-state index in [-0.39, 0.29) is 11.8 Å². The molecular formula is C13H17N3O2. The smallest absolute Gasteiger partial charge is 0.243 e. The summed E-state index contributed by atoms with van der Waals surface area (Å²) in [6.45, 7) is 2.06. The van der Waals surface area contributed by atoms with Gasteiger partial charge < -0.3 is 15.4 Å². The first kappa shape index (κ1) is 12.6. The van der Waals surface area contributed by atoms with E-state index < -0.39 is 0 Å². The molecule has 0 unspecified atom stereocenters. The van der Waals surface area contributed by atoms with Gasteiger partial charge in [-0.1, -0.05) is 24.2 Å². The second kappa shape index (κ2) is 5.64. The van der Waals surface area contributed by atoms with Crippen LogP contribution in [0.1, 0.15) is 36.7 Å². The number of benzene rings is 1. The quantitative estimate of drug-likeness (QED) is 0.843. The standard InChI is InChI=1S/C13H17N3O2/c1-2-3-12-15-13(18-16-12)11(14)8-9-4-6-10(17)7-5-9/h4-7,11,17H,2-3,8,14H2,1H3/t11-/m1/s1. The van der Waals surface area contributed by atoms with Gasteiger partial charge in [-0.3, -0.25) is 0 Å².